The molecule has 0 saturated carbocycles. The van der Waals surface area contributed by atoms with Gasteiger partial charge in [-0.1, -0.05) is 36.0 Å². The number of hydrogen-bond donors (Lipinski definition) is 1. The average molecular weight is 424 g/mol. The molecule has 0 heterocycles. The van der Waals surface area contributed by atoms with Gasteiger partial charge in [-0.2, -0.15) is 0 Å². The van der Waals surface area contributed by atoms with Crippen LogP contribution >= 0.6 is 0 Å². The minimum Gasteiger partial charge on any atom is -0.481 e. The molecule has 168 valence electrons. The van der Waals surface area contributed by atoms with Gasteiger partial charge in [-0.25, -0.2) is 0 Å². The zero-order valence-electron chi connectivity index (χ0n) is 18.3. The molecule has 8 heteroatoms. The fourth-order valence-corrected chi connectivity index (χ4v) is 2.90. The van der Waals surface area contributed by atoms with Gasteiger partial charge in [0.05, 0.1) is 21.3 Å². The van der Waals surface area contributed by atoms with Crippen molar-refractivity contribution >= 4 is 23.9 Å². The molecule has 0 aliphatic rings. The largest absolute Gasteiger partial charge is 0.481 e. The first-order valence-electron chi connectivity index (χ1n) is 9.61. The molecule has 1 atom stereocenters. The van der Waals surface area contributed by atoms with E-state index in [4.69, 9.17) is 14.6 Å². The summed E-state index contributed by atoms with van der Waals surface area (Å²) in [5.74, 6) is -4.62. The highest BCUT2D eigenvalue weighted by atomic mass is 16.5. The number of esters is 3. The summed E-state index contributed by atoms with van der Waals surface area (Å²) in [7, 11) is 3.58. The van der Waals surface area contributed by atoms with Crippen LogP contribution in [0, 0.1) is 11.3 Å². The lowest BCUT2D eigenvalue weighted by atomic mass is 9.78. The number of carboxylic acid groups (broad SMARTS) is 1. The number of carbonyl (C=O) groups is 4. The first-order chi connectivity index (χ1) is 14.2. The standard InChI is InChI=1S/C22H32O8/c1-6-7-8-9-14-22(20(26)29-4,21(27)30-5)15-13-16(2)11-10-12-17(18(23)24)19(25)28-3/h6-9,11,17H,10,12-15H2,1-5H3,(H,23,24). The molecule has 0 rings (SSSR count). The van der Waals surface area contributed by atoms with Gasteiger partial charge >= 0.3 is 23.9 Å². The number of rotatable bonds is 13. The minimum atomic E-state index is -1.48. The van der Waals surface area contributed by atoms with Gasteiger partial charge in [0.2, 0.25) is 0 Å². The van der Waals surface area contributed by atoms with E-state index < -0.39 is 35.2 Å². The first-order valence-corrected chi connectivity index (χ1v) is 9.61. The van der Waals surface area contributed by atoms with E-state index in [1.807, 2.05) is 19.9 Å². The van der Waals surface area contributed by atoms with Crippen molar-refractivity contribution in [2.75, 3.05) is 21.3 Å². The highest BCUT2D eigenvalue weighted by Gasteiger charge is 2.47. The second-order valence-electron chi connectivity index (χ2n) is 6.77. The van der Waals surface area contributed by atoms with Crippen LogP contribution in [0.1, 0.15) is 46.0 Å². The Balaban J connectivity index is 5.33. The van der Waals surface area contributed by atoms with Gasteiger partial charge in [0.1, 0.15) is 0 Å². The van der Waals surface area contributed by atoms with Crippen molar-refractivity contribution < 1.29 is 38.5 Å². The summed E-state index contributed by atoms with van der Waals surface area (Å²) in [5.41, 5.74) is -0.634. The summed E-state index contributed by atoms with van der Waals surface area (Å²) in [5, 5.41) is 9.11. The van der Waals surface area contributed by atoms with Gasteiger partial charge in [0.15, 0.2) is 11.3 Å². The smallest absolute Gasteiger partial charge is 0.323 e. The SMILES string of the molecule is CC=CC=CCC(CCC(C)=CCCC(C(=O)O)C(=O)OC)(C(=O)OC)C(=O)OC. The Labute approximate surface area is 177 Å². The number of hydrogen-bond acceptors (Lipinski definition) is 7. The predicted molar refractivity (Wildman–Crippen MR) is 110 cm³/mol. The second-order valence-corrected chi connectivity index (χ2v) is 6.77. The number of allylic oxidation sites excluding steroid dienone is 6. The van der Waals surface area contributed by atoms with Crippen LogP contribution < -0.4 is 0 Å². The Kier molecular flexibility index (Phi) is 12.8. The molecule has 0 bridgehead atoms. The molecule has 0 fully saturated rings. The van der Waals surface area contributed by atoms with E-state index in [1.54, 1.807) is 24.3 Å². The maximum atomic E-state index is 12.5. The molecule has 30 heavy (non-hydrogen) atoms. The zero-order chi connectivity index (χ0) is 23.2. The third kappa shape index (κ3) is 8.23. The highest BCUT2D eigenvalue weighted by Crippen LogP contribution is 2.34. The van der Waals surface area contributed by atoms with Crippen molar-refractivity contribution in [3.8, 4) is 0 Å². The van der Waals surface area contributed by atoms with E-state index in [2.05, 4.69) is 4.74 Å². The fourth-order valence-electron chi connectivity index (χ4n) is 2.90. The van der Waals surface area contributed by atoms with E-state index in [1.165, 1.54) is 14.2 Å². The fraction of sp³-hybridized carbons (Fsp3) is 0.545. The Morgan fingerprint density at radius 1 is 1.00 bits per heavy atom. The second kappa shape index (κ2) is 14.1. The lowest BCUT2D eigenvalue weighted by Gasteiger charge is -2.27. The summed E-state index contributed by atoms with van der Waals surface area (Å²) in [6, 6.07) is 0. The highest BCUT2D eigenvalue weighted by molar-refractivity contribution is 6.00. The lowest BCUT2D eigenvalue weighted by molar-refractivity contribution is -0.169. The molecule has 0 aromatic rings. The van der Waals surface area contributed by atoms with Crippen molar-refractivity contribution in [1.29, 1.82) is 0 Å². The van der Waals surface area contributed by atoms with Crippen LogP contribution in [0.15, 0.2) is 36.0 Å². The molecule has 1 N–H and O–H groups in total. The Morgan fingerprint density at radius 2 is 1.60 bits per heavy atom. The summed E-state index contributed by atoms with van der Waals surface area (Å²) >= 11 is 0. The Morgan fingerprint density at radius 3 is 2.07 bits per heavy atom. The minimum absolute atomic E-state index is 0.0879. The van der Waals surface area contributed by atoms with Crippen LogP contribution in [0.2, 0.25) is 0 Å². The summed E-state index contributed by atoms with van der Waals surface area (Å²) in [6.45, 7) is 3.66. The third-order valence-corrected chi connectivity index (χ3v) is 4.74. The normalized spacial score (nSPS) is 13.3. The molecule has 8 nitrogen and oxygen atoms in total. The van der Waals surface area contributed by atoms with E-state index in [9.17, 15) is 19.2 Å². The molecular weight excluding hydrogens is 392 g/mol. The van der Waals surface area contributed by atoms with Crippen LogP contribution in [-0.2, 0) is 33.4 Å². The Hall–Kier alpha value is -2.90. The van der Waals surface area contributed by atoms with Gasteiger partial charge in [0.25, 0.3) is 0 Å². The van der Waals surface area contributed by atoms with Crippen LogP contribution in [0.25, 0.3) is 0 Å². The average Bonchev–Trinajstić information content (AvgIpc) is 2.74. The molecular formula is C22H32O8. The molecule has 0 spiro atoms. The molecule has 0 aromatic heterocycles. The lowest BCUT2D eigenvalue weighted by Crippen LogP contribution is -2.41. The van der Waals surface area contributed by atoms with Crippen molar-refractivity contribution in [3.63, 3.8) is 0 Å². The van der Waals surface area contributed by atoms with Crippen LogP contribution in [-0.4, -0.2) is 50.3 Å². The van der Waals surface area contributed by atoms with Crippen molar-refractivity contribution in [1.82, 2.24) is 0 Å². The number of carboxylic acids is 1. The van der Waals surface area contributed by atoms with Crippen LogP contribution in [0.3, 0.4) is 0 Å². The summed E-state index contributed by atoms with van der Waals surface area (Å²) in [4.78, 5) is 47.6. The van der Waals surface area contributed by atoms with Crippen molar-refractivity contribution in [2.45, 2.75) is 46.0 Å². The predicted octanol–water partition coefficient (Wildman–Crippen LogP) is 3.22. The van der Waals surface area contributed by atoms with Gasteiger partial charge in [-0.3, -0.25) is 19.2 Å². The van der Waals surface area contributed by atoms with E-state index in [-0.39, 0.29) is 19.3 Å². The van der Waals surface area contributed by atoms with Gasteiger partial charge in [0, 0.05) is 0 Å². The van der Waals surface area contributed by atoms with Gasteiger partial charge in [-0.15, -0.1) is 0 Å². The number of aliphatic carboxylic acids is 1. The molecule has 0 radical (unpaired) electrons. The number of carbonyl (C=O) groups excluding carboxylic acids is 3. The molecule has 0 aliphatic heterocycles. The van der Waals surface area contributed by atoms with E-state index in [0.717, 1.165) is 12.7 Å². The molecule has 0 aromatic carbocycles. The molecule has 0 aliphatic carbocycles. The quantitative estimate of drug-likeness (QED) is 0.157. The third-order valence-electron chi connectivity index (χ3n) is 4.74. The molecule has 0 amide bonds. The van der Waals surface area contributed by atoms with Gasteiger partial charge < -0.3 is 19.3 Å². The van der Waals surface area contributed by atoms with E-state index in [0.29, 0.717) is 12.8 Å². The first kappa shape index (κ1) is 27.1. The van der Waals surface area contributed by atoms with E-state index >= 15 is 0 Å². The topological polar surface area (TPSA) is 116 Å². The maximum Gasteiger partial charge on any atom is 0.323 e. The van der Waals surface area contributed by atoms with Gasteiger partial charge in [-0.05, 0) is 46.0 Å². The number of ether oxygens (including phenoxy) is 3. The molecule has 1 unspecified atom stereocenters. The molecule has 0 saturated heterocycles. The van der Waals surface area contributed by atoms with Crippen molar-refractivity contribution in [2.24, 2.45) is 11.3 Å². The zero-order valence-corrected chi connectivity index (χ0v) is 18.3. The van der Waals surface area contributed by atoms with Crippen LogP contribution in [0.4, 0.5) is 0 Å². The Bertz CT molecular complexity index is 671. The number of methoxy groups -OCH3 is 3. The van der Waals surface area contributed by atoms with Crippen LogP contribution in [0.5, 0.6) is 0 Å². The summed E-state index contributed by atoms with van der Waals surface area (Å²) < 4.78 is 14.3. The summed E-state index contributed by atoms with van der Waals surface area (Å²) in [6.07, 6.45) is 9.92. The monoisotopic (exact) mass is 424 g/mol. The van der Waals surface area contributed by atoms with Crippen molar-refractivity contribution in [3.05, 3.63) is 36.0 Å². The maximum absolute atomic E-state index is 12.5.